The lowest BCUT2D eigenvalue weighted by Gasteiger charge is -2.51. The SMILES string of the molecule is COc1ccccc1NC(=O)C1(c2c(C)[nH]c3ccccc23)CC(=O)N1c1ccccc1OC. The molecule has 5 rings (SSSR count). The van der Waals surface area contributed by atoms with Crippen molar-refractivity contribution in [3.05, 3.63) is 84.1 Å². The van der Waals surface area contributed by atoms with Crippen LogP contribution in [-0.2, 0) is 15.1 Å². The zero-order valence-electron chi connectivity index (χ0n) is 19.2. The van der Waals surface area contributed by atoms with E-state index in [2.05, 4.69) is 10.3 Å². The van der Waals surface area contributed by atoms with Gasteiger partial charge < -0.3 is 19.8 Å². The van der Waals surface area contributed by atoms with Gasteiger partial charge in [0.1, 0.15) is 11.5 Å². The number of carbonyl (C=O) groups excluding carboxylic acids is 2. The van der Waals surface area contributed by atoms with Gasteiger partial charge in [-0.2, -0.15) is 0 Å². The summed E-state index contributed by atoms with van der Waals surface area (Å²) < 4.78 is 11.0. The molecule has 1 aromatic heterocycles. The molecule has 2 N–H and O–H groups in total. The van der Waals surface area contributed by atoms with Crippen LogP contribution >= 0.6 is 0 Å². The number of anilines is 2. The minimum Gasteiger partial charge on any atom is -0.495 e. The van der Waals surface area contributed by atoms with Crippen LogP contribution in [0.1, 0.15) is 17.7 Å². The zero-order chi connectivity index (χ0) is 23.9. The summed E-state index contributed by atoms with van der Waals surface area (Å²) in [5.74, 6) is 0.568. The molecule has 1 aliphatic heterocycles. The molecule has 2 heterocycles. The van der Waals surface area contributed by atoms with Gasteiger partial charge in [0.05, 0.1) is 32.0 Å². The summed E-state index contributed by atoms with van der Waals surface area (Å²) in [7, 11) is 3.11. The standard InChI is InChI=1S/C27H25N3O4/c1-17-25(18-10-4-5-11-19(18)28-17)27(26(32)29-20-12-6-8-14-22(20)33-2)16-24(31)30(27)21-13-7-9-15-23(21)34-3/h4-15,28H,16H2,1-3H3,(H,29,32). The Bertz CT molecular complexity index is 1410. The summed E-state index contributed by atoms with van der Waals surface area (Å²) in [6.07, 6.45) is 0.0225. The summed E-state index contributed by atoms with van der Waals surface area (Å²) >= 11 is 0. The number of hydrogen-bond donors (Lipinski definition) is 2. The molecule has 0 bridgehead atoms. The number of methoxy groups -OCH3 is 2. The van der Waals surface area contributed by atoms with Crippen molar-refractivity contribution in [2.24, 2.45) is 0 Å². The Balaban J connectivity index is 1.73. The van der Waals surface area contributed by atoms with Crippen LogP contribution in [0, 0.1) is 6.92 Å². The van der Waals surface area contributed by atoms with Crippen LogP contribution in [0.4, 0.5) is 11.4 Å². The smallest absolute Gasteiger partial charge is 0.256 e. The van der Waals surface area contributed by atoms with Gasteiger partial charge in [0.25, 0.3) is 5.91 Å². The Morgan fingerprint density at radius 2 is 1.59 bits per heavy atom. The molecule has 1 saturated heterocycles. The molecule has 7 nitrogen and oxygen atoms in total. The van der Waals surface area contributed by atoms with Crippen LogP contribution in [0.15, 0.2) is 72.8 Å². The van der Waals surface area contributed by atoms with Gasteiger partial charge in [-0.05, 0) is 37.3 Å². The molecule has 0 aliphatic carbocycles. The van der Waals surface area contributed by atoms with Crippen molar-refractivity contribution in [3.8, 4) is 11.5 Å². The van der Waals surface area contributed by atoms with Crippen molar-refractivity contribution in [2.45, 2.75) is 18.9 Å². The van der Waals surface area contributed by atoms with Crippen molar-refractivity contribution in [3.63, 3.8) is 0 Å². The van der Waals surface area contributed by atoms with E-state index in [1.807, 2.05) is 55.5 Å². The number of H-pyrrole nitrogens is 1. The molecule has 3 aromatic carbocycles. The number of nitrogens with one attached hydrogen (secondary N) is 2. The number of carbonyl (C=O) groups is 2. The maximum absolute atomic E-state index is 14.2. The number of β-lactam (4-membered cyclic amide) rings is 1. The Morgan fingerprint density at radius 3 is 2.32 bits per heavy atom. The molecule has 172 valence electrons. The third-order valence-corrected chi connectivity index (χ3v) is 6.40. The molecule has 4 aromatic rings. The summed E-state index contributed by atoms with van der Waals surface area (Å²) in [4.78, 5) is 32.3. The van der Waals surface area contributed by atoms with Crippen molar-refractivity contribution >= 4 is 34.1 Å². The second kappa shape index (κ2) is 8.26. The van der Waals surface area contributed by atoms with E-state index in [0.717, 1.165) is 22.2 Å². The van der Waals surface area contributed by atoms with Crippen LogP contribution in [0.5, 0.6) is 11.5 Å². The molecular weight excluding hydrogens is 430 g/mol. The number of amides is 2. The Morgan fingerprint density at radius 1 is 0.941 bits per heavy atom. The number of aromatic nitrogens is 1. The number of benzene rings is 3. The Labute approximate surface area is 197 Å². The summed E-state index contributed by atoms with van der Waals surface area (Å²) in [5, 5.41) is 3.92. The molecule has 1 fully saturated rings. The maximum atomic E-state index is 14.2. The van der Waals surface area contributed by atoms with Gasteiger partial charge in [-0.15, -0.1) is 0 Å². The van der Waals surface area contributed by atoms with E-state index in [9.17, 15) is 9.59 Å². The molecule has 2 amide bonds. The molecule has 0 radical (unpaired) electrons. The second-order valence-corrected chi connectivity index (χ2v) is 8.26. The normalized spacial score (nSPS) is 17.4. The Hall–Kier alpha value is -4.26. The van der Waals surface area contributed by atoms with Crippen LogP contribution < -0.4 is 19.7 Å². The first-order valence-electron chi connectivity index (χ1n) is 11.0. The number of aromatic amines is 1. The molecule has 34 heavy (non-hydrogen) atoms. The first kappa shape index (κ1) is 21.6. The van der Waals surface area contributed by atoms with Crippen molar-refractivity contribution in [2.75, 3.05) is 24.4 Å². The minimum atomic E-state index is -1.28. The number of rotatable bonds is 6. The molecule has 1 aliphatic rings. The predicted octanol–water partition coefficient (Wildman–Crippen LogP) is 4.76. The maximum Gasteiger partial charge on any atom is 0.256 e. The van der Waals surface area contributed by atoms with E-state index in [1.54, 1.807) is 43.4 Å². The Kier molecular flexibility index (Phi) is 5.24. The van der Waals surface area contributed by atoms with Crippen LogP contribution in [0.25, 0.3) is 10.9 Å². The highest BCUT2D eigenvalue weighted by atomic mass is 16.5. The number of fused-ring (bicyclic) bond motifs is 1. The molecular formula is C27H25N3O4. The third-order valence-electron chi connectivity index (χ3n) is 6.40. The monoisotopic (exact) mass is 455 g/mol. The van der Waals surface area contributed by atoms with Crippen molar-refractivity contribution in [1.82, 2.24) is 4.98 Å². The fourth-order valence-electron chi connectivity index (χ4n) is 4.93. The van der Waals surface area contributed by atoms with Crippen molar-refractivity contribution < 1.29 is 19.1 Å². The highest BCUT2D eigenvalue weighted by Crippen LogP contribution is 2.51. The zero-order valence-corrected chi connectivity index (χ0v) is 19.2. The summed E-state index contributed by atoms with van der Waals surface area (Å²) in [5.41, 5.74) is 2.28. The average Bonchev–Trinajstić information content (AvgIpc) is 3.18. The molecule has 0 spiro atoms. The fourth-order valence-corrected chi connectivity index (χ4v) is 4.93. The van der Waals surface area contributed by atoms with Crippen LogP contribution in [0.2, 0.25) is 0 Å². The summed E-state index contributed by atoms with van der Waals surface area (Å²) in [6.45, 7) is 1.93. The first-order chi connectivity index (χ1) is 16.5. The molecule has 1 atom stereocenters. The van der Waals surface area contributed by atoms with E-state index in [-0.39, 0.29) is 18.2 Å². The molecule has 0 saturated carbocycles. The lowest BCUT2D eigenvalue weighted by molar-refractivity contribution is -0.137. The largest absolute Gasteiger partial charge is 0.495 e. The van der Waals surface area contributed by atoms with E-state index in [4.69, 9.17) is 9.47 Å². The van der Waals surface area contributed by atoms with Gasteiger partial charge in [-0.3, -0.25) is 14.5 Å². The minimum absolute atomic E-state index is 0.0225. The van der Waals surface area contributed by atoms with Gasteiger partial charge in [0, 0.05) is 22.2 Å². The highest BCUT2D eigenvalue weighted by Gasteiger charge is 2.60. The average molecular weight is 456 g/mol. The van der Waals surface area contributed by atoms with E-state index < -0.39 is 5.54 Å². The molecule has 1 unspecified atom stereocenters. The summed E-state index contributed by atoms with van der Waals surface area (Å²) in [6, 6.07) is 22.3. The van der Waals surface area contributed by atoms with Gasteiger partial charge in [-0.1, -0.05) is 42.5 Å². The van der Waals surface area contributed by atoms with Gasteiger partial charge in [0.15, 0.2) is 5.54 Å². The van der Waals surface area contributed by atoms with E-state index in [1.165, 1.54) is 0 Å². The van der Waals surface area contributed by atoms with Crippen molar-refractivity contribution in [1.29, 1.82) is 0 Å². The van der Waals surface area contributed by atoms with Gasteiger partial charge in [0.2, 0.25) is 5.91 Å². The van der Waals surface area contributed by atoms with E-state index >= 15 is 0 Å². The van der Waals surface area contributed by atoms with Gasteiger partial charge in [-0.25, -0.2) is 0 Å². The topological polar surface area (TPSA) is 83.7 Å². The third kappa shape index (κ3) is 3.12. The lowest BCUT2D eigenvalue weighted by Crippen LogP contribution is -2.67. The predicted molar refractivity (Wildman–Crippen MR) is 131 cm³/mol. The molecule has 7 heteroatoms. The number of para-hydroxylation sites is 5. The van der Waals surface area contributed by atoms with Crippen LogP contribution in [-0.4, -0.2) is 31.0 Å². The number of hydrogen-bond acceptors (Lipinski definition) is 4. The second-order valence-electron chi connectivity index (χ2n) is 8.26. The highest BCUT2D eigenvalue weighted by molar-refractivity contribution is 6.19. The number of aryl methyl sites for hydroxylation is 1. The first-order valence-corrected chi connectivity index (χ1v) is 11.0. The number of ether oxygens (including phenoxy) is 2. The van der Waals surface area contributed by atoms with E-state index in [0.29, 0.717) is 22.9 Å². The fraction of sp³-hybridized carbons (Fsp3) is 0.185. The lowest BCUT2D eigenvalue weighted by atomic mass is 9.74. The quantitative estimate of drug-likeness (QED) is 0.411. The number of nitrogens with zero attached hydrogens (tertiary/aromatic N) is 1. The van der Waals surface area contributed by atoms with Gasteiger partial charge >= 0.3 is 0 Å². The van der Waals surface area contributed by atoms with Crippen LogP contribution in [0.3, 0.4) is 0 Å².